The summed E-state index contributed by atoms with van der Waals surface area (Å²) in [6.45, 7) is 5.36. The lowest BCUT2D eigenvalue weighted by molar-refractivity contribution is 0.293. The van der Waals surface area contributed by atoms with Crippen molar-refractivity contribution in [3.8, 4) is 11.4 Å². The van der Waals surface area contributed by atoms with Crippen LogP contribution in [0, 0.1) is 18.8 Å². The molecule has 4 nitrogen and oxygen atoms in total. The molecule has 1 aromatic carbocycles. The Morgan fingerprint density at radius 3 is 3.00 bits per heavy atom. The summed E-state index contributed by atoms with van der Waals surface area (Å²) in [5.74, 6) is 3.30. The number of benzene rings is 1. The lowest BCUT2D eigenvalue weighted by Crippen LogP contribution is -2.20. The molecule has 1 heterocycles. The van der Waals surface area contributed by atoms with Crippen LogP contribution in [0.25, 0.3) is 11.4 Å². The largest absolute Gasteiger partial charge is 0.385 e. The van der Waals surface area contributed by atoms with E-state index >= 15 is 0 Å². The van der Waals surface area contributed by atoms with Crippen molar-refractivity contribution in [2.24, 2.45) is 11.8 Å². The van der Waals surface area contributed by atoms with Crippen LogP contribution in [0.2, 0.25) is 0 Å². The molecule has 4 heteroatoms. The molecule has 2 N–H and O–H groups in total. The van der Waals surface area contributed by atoms with Gasteiger partial charge in [0, 0.05) is 17.8 Å². The molecule has 0 bridgehead atoms. The van der Waals surface area contributed by atoms with Gasteiger partial charge in [-0.05, 0) is 43.7 Å². The number of hydrogen-bond donors (Lipinski definition) is 2. The van der Waals surface area contributed by atoms with Gasteiger partial charge < -0.3 is 5.32 Å². The third-order valence-corrected chi connectivity index (χ3v) is 4.36. The minimum absolute atomic E-state index is 0.766. The Bertz CT molecular complexity index is 590. The Balaban J connectivity index is 1.63. The summed E-state index contributed by atoms with van der Waals surface area (Å²) in [6, 6.07) is 8.37. The normalized spacial score (nSPS) is 22.2. The molecule has 0 radical (unpaired) electrons. The second-order valence-electron chi connectivity index (χ2n) is 6.34. The fourth-order valence-corrected chi connectivity index (χ4v) is 3.25. The number of nitrogens with one attached hydrogen (secondary N) is 2. The van der Waals surface area contributed by atoms with Crippen LogP contribution in [-0.4, -0.2) is 21.7 Å². The van der Waals surface area contributed by atoms with Crippen molar-refractivity contribution in [3.05, 3.63) is 30.1 Å². The van der Waals surface area contributed by atoms with E-state index in [4.69, 9.17) is 0 Å². The maximum atomic E-state index is 4.39. The maximum Gasteiger partial charge on any atom is 0.181 e. The van der Waals surface area contributed by atoms with Crippen LogP contribution >= 0.6 is 0 Å². The molecule has 1 aromatic heterocycles. The molecule has 0 aliphatic heterocycles. The minimum Gasteiger partial charge on any atom is -0.385 e. The quantitative estimate of drug-likeness (QED) is 0.891. The zero-order valence-electron chi connectivity index (χ0n) is 12.9. The van der Waals surface area contributed by atoms with Gasteiger partial charge >= 0.3 is 0 Å². The molecule has 0 spiro atoms. The van der Waals surface area contributed by atoms with Crippen molar-refractivity contribution in [2.75, 3.05) is 11.9 Å². The highest BCUT2D eigenvalue weighted by atomic mass is 15.2. The highest BCUT2D eigenvalue weighted by Crippen LogP contribution is 2.29. The first-order valence-corrected chi connectivity index (χ1v) is 7.94. The van der Waals surface area contributed by atoms with E-state index in [1.54, 1.807) is 0 Å². The van der Waals surface area contributed by atoms with Gasteiger partial charge in [-0.2, -0.15) is 5.10 Å². The Labute approximate surface area is 126 Å². The molecular weight excluding hydrogens is 260 g/mol. The van der Waals surface area contributed by atoms with E-state index < -0.39 is 0 Å². The standard InChI is InChI=1S/C17H24N4/c1-12-5-3-6-14(9-12)11-18-16-8-4-7-15(10-16)17-19-13(2)20-21-17/h4,7-8,10,12,14,18H,3,5-6,9,11H2,1-2H3,(H,19,20,21). The van der Waals surface area contributed by atoms with Gasteiger partial charge in [0.05, 0.1) is 0 Å². The van der Waals surface area contributed by atoms with Crippen LogP contribution in [-0.2, 0) is 0 Å². The van der Waals surface area contributed by atoms with Gasteiger partial charge in [0.1, 0.15) is 5.82 Å². The van der Waals surface area contributed by atoms with E-state index in [0.29, 0.717) is 0 Å². The summed E-state index contributed by atoms with van der Waals surface area (Å²) in [6.07, 6.45) is 5.49. The zero-order chi connectivity index (χ0) is 14.7. The van der Waals surface area contributed by atoms with Crippen LogP contribution in [0.3, 0.4) is 0 Å². The van der Waals surface area contributed by atoms with E-state index in [1.165, 1.54) is 25.7 Å². The summed E-state index contributed by atoms with van der Waals surface area (Å²) >= 11 is 0. The second kappa shape index (κ2) is 6.29. The minimum atomic E-state index is 0.766. The predicted octanol–water partition coefficient (Wildman–Crippen LogP) is 4.02. The summed E-state index contributed by atoms with van der Waals surface area (Å²) in [5.41, 5.74) is 2.22. The number of aryl methyl sites for hydroxylation is 1. The molecule has 1 fully saturated rings. The van der Waals surface area contributed by atoms with Gasteiger partial charge in [0.2, 0.25) is 0 Å². The van der Waals surface area contributed by atoms with E-state index in [2.05, 4.69) is 51.7 Å². The van der Waals surface area contributed by atoms with Crippen molar-refractivity contribution in [1.29, 1.82) is 0 Å². The van der Waals surface area contributed by atoms with Crippen LogP contribution in [0.4, 0.5) is 5.69 Å². The SMILES string of the molecule is Cc1nc(-c2cccc(NCC3CCCC(C)C3)c2)n[nH]1. The van der Waals surface area contributed by atoms with E-state index in [-0.39, 0.29) is 0 Å². The van der Waals surface area contributed by atoms with Gasteiger partial charge in [-0.1, -0.05) is 31.9 Å². The average Bonchev–Trinajstić information content (AvgIpc) is 2.92. The van der Waals surface area contributed by atoms with Crippen LogP contribution in [0.5, 0.6) is 0 Å². The Hall–Kier alpha value is -1.84. The molecule has 2 unspecified atom stereocenters. The van der Waals surface area contributed by atoms with Crippen LogP contribution in [0.15, 0.2) is 24.3 Å². The summed E-state index contributed by atoms with van der Waals surface area (Å²) < 4.78 is 0. The van der Waals surface area contributed by atoms with Crippen molar-refractivity contribution in [3.63, 3.8) is 0 Å². The molecule has 1 aliphatic carbocycles. The van der Waals surface area contributed by atoms with E-state index in [0.717, 1.165) is 41.3 Å². The molecule has 1 saturated carbocycles. The summed E-state index contributed by atoms with van der Waals surface area (Å²) in [7, 11) is 0. The summed E-state index contributed by atoms with van der Waals surface area (Å²) in [5, 5.41) is 10.7. The highest BCUT2D eigenvalue weighted by Gasteiger charge is 2.18. The maximum absolute atomic E-state index is 4.39. The molecule has 112 valence electrons. The van der Waals surface area contributed by atoms with Gasteiger partial charge in [0.15, 0.2) is 5.82 Å². The number of aromatic nitrogens is 3. The second-order valence-corrected chi connectivity index (χ2v) is 6.34. The fourth-order valence-electron chi connectivity index (χ4n) is 3.25. The molecule has 3 rings (SSSR count). The number of H-pyrrole nitrogens is 1. The van der Waals surface area contributed by atoms with Crippen molar-refractivity contribution < 1.29 is 0 Å². The Kier molecular flexibility index (Phi) is 4.23. The predicted molar refractivity (Wildman–Crippen MR) is 86.2 cm³/mol. The zero-order valence-corrected chi connectivity index (χ0v) is 12.9. The number of aromatic amines is 1. The van der Waals surface area contributed by atoms with Gasteiger partial charge in [-0.3, -0.25) is 5.10 Å². The van der Waals surface area contributed by atoms with Gasteiger partial charge in [0.25, 0.3) is 0 Å². The molecule has 0 saturated heterocycles. The number of anilines is 1. The van der Waals surface area contributed by atoms with E-state index in [1.807, 2.05) is 6.92 Å². The number of nitrogens with zero attached hydrogens (tertiary/aromatic N) is 2. The molecule has 0 amide bonds. The first kappa shape index (κ1) is 14.1. The third kappa shape index (κ3) is 3.63. The van der Waals surface area contributed by atoms with Crippen LogP contribution in [0.1, 0.15) is 38.4 Å². The monoisotopic (exact) mass is 284 g/mol. The molecule has 2 aromatic rings. The lowest BCUT2D eigenvalue weighted by Gasteiger charge is -2.27. The van der Waals surface area contributed by atoms with Crippen molar-refractivity contribution in [1.82, 2.24) is 15.2 Å². The molecule has 21 heavy (non-hydrogen) atoms. The van der Waals surface area contributed by atoms with Crippen molar-refractivity contribution in [2.45, 2.75) is 39.5 Å². The summed E-state index contributed by atoms with van der Waals surface area (Å²) in [4.78, 5) is 4.39. The topological polar surface area (TPSA) is 53.6 Å². The Morgan fingerprint density at radius 2 is 2.24 bits per heavy atom. The first-order valence-electron chi connectivity index (χ1n) is 7.94. The Morgan fingerprint density at radius 1 is 1.33 bits per heavy atom. The van der Waals surface area contributed by atoms with Gasteiger partial charge in [-0.25, -0.2) is 4.98 Å². The molecule has 2 atom stereocenters. The smallest absolute Gasteiger partial charge is 0.181 e. The fraction of sp³-hybridized carbons (Fsp3) is 0.529. The van der Waals surface area contributed by atoms with Crippen molar-refractivity contribution >= 4 is 5.69 Å². The first-order chi connectivity index (χ1) is 10.2. The third-order valence-electron chi connectivity index (χ3n) is 4.36. The number of hydrogen-bond acceptors (Lipinski definition) is 3. The highest BCUT2D eigenvalue weighted by molar-refractivity contribution is 5.62. The average molecular weight is 284 g/mol. The van der Waals surface area contributed by atoms with Gasteiger partial charge in [-0.15, -0.1) is 0 Å². The lowest BCUT2D eigenvalue weighted by atomic mass is 9.82. The van der Waals surface area contributed by atoms with Crippen LogP contribution < -0.4 is 5.32 Å². The molecular formula is C17H24N4. The molecule has 1 aliphatic rings. The van der Waals surface area contributed by atoms with E-state index in [9.17, 15) is 0 Å². The number of rotatable bonds is 4.